The summed E-state index contributed by atoms with van der Waals surface area (Å²) in [4.78, 5) is 16.2. The molecule has 3 aromatic rings. The third-order valence-electron chi connectivity index (χ3n) is 4.51. The number of carbonyl (C=O) groups excluding carboxylic acids is 1. The van der Waals surface area contributed by atoms with Crippen molar-refractivity contribution < 1.29 is 13.2 Å². The van der Waals surface area contributed by atoms with Crippen LogP contribution in [0.1, 0.15) is 32.9 Å². The lowest BCUT2D eigenvalue weighted by Gasteiger charge is -2.11. The second kappa shape index (κ2) is 5.70. The molecule has 0 bridgehead atoms. The first-order chi connectivity index (χ1) is 11.6. The number of nitrogens with zero attached hydrogens (tertiary/aromatic N) is 2. The Hall–Kier alpha value is -2.67. The highest BCUT2D eigenvalue weighted by Crippen LogP contribution is 2.28. The molecule has 6 nitrogen and oxygen atoms in total. The highest BCUT2D eigenvalue weighted by Gasteiger charge is 2.28. The van der Waals surface area contributed by atoms with Crippen molar-refractivity contribution in [3.05, 3.63) is 58.4 Å². The molecule has 0 fully saturated rings. The molecule has 0 saturated carbocycles. The molecule has 0 saturated heterocycles. The zero-order chi connectivity index (χ0) is 18.5. The van der Waals surface area contributed by atoms with E-state index in [-0.39, 0.29) is 10.7 Å². The van der Waals surface area contributed by atoms with E-state index >= 15 is 0 Å². The summed E-state index contributed by atoms with van der Waals surface area (Å²) < 4.78 is 27.3. The van der Waals surface area contributed by atoms with E-state index in [0.717, 1.165) is 26.2 Å². The molecule has 0 aliphatic rings. The van der Waals surface area contributed by atoms with Gasteiger partial charge in [0.2, 0.25) is 5.82 Å². The third-order valence-corrected chi connectivity index (χ3v) is 6.23. The molecule has 1 aromatic heterocycles. The van der Waals surface area contributed by atoms with Crippen LogP contribution in [-0.2, 0) is 10.0 Å². The van der Waals surface area contributed by atoms with E-state index in [0.29, 0.717) is 11.0 Å². The number of aryl methyl sites for hydroxylation is 3. The lowest BCUT2D eigenvalue weighted by molar-refractivity contribution is 0.0990. The van der Waals surface area contributed by atoms with E-state index in [2.05, 4.69) is 4.98 Å². The maximum Gasteiger partial charge on any atom is 0.285 e. The maximum atomic E-state index is 13.2. The second-order valence-electron chi connectivity index (χ2n) is 6.19. The summed E-state index contributed by atoms with van der Waals surface area (Å²) >= 11 is 0. The van der Waals surface area contributed by atoms with Crippen LogP contribution in [0.4, 0.5) is 0 Å². The Bertz CT molecular complexity index is 1110. The zero-order valence-electron chi connectivity index (χ0n) is 14.5. The summed E-state index contributed by atoms with van der Waals surface area (Å²) in [7, 11) is -4.01. The Morgan fingerprint density at radius 1 is 1.04 bits per heavy atom. The first-order valence-corrected chi connectivity index (χ1v) is 9.20. The van der Waals surface area contributed by atoms with E-state index in [1.54, 1.807) is 18.2 Å². The molecule has 0 aliphatic heterocycles. The molecule has 3 rings (SSSR count). The van der Waals surface area contributed by atoms with Crippen LogP contribution in [0.15, 0.2) is 35.2 Å². The lowest BCUT2D eigenvalue weighted by atomic mass is 10.0. The molecule has 2 N–H and O–H groups in total. The van der Waals surface area contributed by atoms with Gasteiger partial charge in [-0.2, -0.15) is 0 Å². The van der Waals surface area contributed by atoms with Crippen molar-refractivity contribution in [2.24, 2.45) is 5.73 Å². The fraction of sp³-hybridized carbons (Fsp3) is 0.222. The maximum absolute atomic E-state index is 13.2. The van der Waals surface area contributed by atoms with Gasteiger partial charge >= 0.3 is 0 Å². The van der Waals surface area contributed by atoms with Gasteiger partial charge in [0.15, 0.2) is 0 Å². The molecule has 0 unspecified atom stereocenters. The van der Waals surface area contributed by atoms with Crippen molar-refractivity contribution in [3.63, 3.8) is 0 Å². The van der Waals surface area contributed by atoms with Crippen molar-refractivity contribution >= 4 is 27.0 Å². The van der Waals surface area contributed by atoms with E-state index in [1.165, 1.54) is 12.1 Å². The molecule has 2 aromatic carbocycles. The molecule has 130 valence electrons. The second-order valence-corrected chi connectivity index (χ2v) is 7.98. The average Bonchev–Trinajstić information content (AvgIpc) is 2.93. The summed E-state index contributed by atoms with van der Waals surface area (Å²) in [5, 5.41) is 0. The Kier molecular flexibility index (Phi) is 3.91. The van der Waals surface area contributed by atoms with E-state index in [4.69, 9.17) is 5.73 Å². The fourth-order valence-electron chi connectivity index (χ4n) is 2.82. The standard InChI is InChI=1S/C18H19N3O3S/c1-10-5-7-14(8-6-10)25(23,24)21-15-9-11(2)12(3)13(4)16(15)20-18(21)17(19)22/h5-9H,1-4H3,(H2,19,22). The largest absolute Gasteiger partial charge is 0.363 e. The summed E-state index contributed by atoms with van der Waals surface area (Å²) in [5.41, 5.74) is 9.92. The minimum absolute atomic E-state index is 0.0794. The molecule has 25 heavy (non-hydrogen) atoms. The molecule has 0 radical (unpaired) electrons. The molecule has 0 aliphatic carbocycles. The summed E-state index contributed by atoms with van der Waals surface area (Å²) in [5.74, 6) is -1.18. The van der Waals surface area contributed by atoms with E-state index < -0.39 is 15.9 Å². The van der Waals surface area contributed by atoms with Crippen LogP contribution >= 0.6 is 0 Å². The number of fused-ring (bicyclic) bond motifs is 1. The normalized spacial score (nSPS) is 11.8. The van der Waals surface area contributed by atoms with E-state index in [1.807, 2.05) is 27.7 Å². The van der Waals surface area contributed by atoms with Crippen LogP contribution in [0.3, 0.4) is 0 Å². The van der Waals surface area contributed by atoms with Gasteiger partial charge in [-0.25, -0.2) is 17.4 Å². The van der Waals surface area contributed by atoms with Crippen molar-refractivity contribution in [2.45, 2.75) is 32.6 Å². The smallest absolute Gasteiger partial charge is 0.285 e. The van der Waals surface area contributed by atoms with Gasteiger partial charge in [0, 0.05) is 0 Å². The highest BCUT2D eigenvalue weighted by molar-refractivity contribution is 7.90. The number of primary amides is 1. The molecule has 7 heteroatoms. The van der Waals surface area contributed by atoms with Gasteiger partial charge in [-0.3, -0.25) is 4.79 Å². The molecule has 1 heterocycles. The first-order valence-electron chi connectivity index (χ1n) is 7.76. The van der Waals surface area contributed by atoms with Crippen LogP contribution in [0.5, 0.6) is 0 Å². The molecule has 0 atom stereocenters. The SMILES string of the molecule is Cc1ccc(S(=O)(=O)n2c(C(N)=O)nc3c(C)c(C)c(C)cc32)cc1. The van der Waals surface area contributed by atoms with Crippen LogP contribution in [0, 0.1) is 27.7 Å². The number of hydrogen-bond acceptors (Lipinski definition) is 4. The third kappa shape index (κ3) is 2.60. The van der Waals surface area contributed by atoms with Gasteiger partial charge < -0.3 is 5.73 Å². The van der Waals surface area contributed by atoms with Crippen LogP contribution < -0.4 is 5.73 Å². The number of hydrogen-bond donors (Lipinski definition) is 1. The molecule has 0 spiro atoms. The van der Waals surface area contributed by atoms with Crippen molar-refractivity contribution in [3.8, 4) is 0 Å². The van der Waals surface area contributed by atoms with E-state index in [9.17, 15) is 13.2 Å². The highest BCUT2D eigenvalue weighted by atomic mass is 32.2. The number of nitrogens with two attached hydrogens (primary N) is 1. The number of imidazole rings is 1. The Labute approximate surface area is 146 Å². The van der Waals surface area contributed by atoms with Gasteiger partial charge in [0.25, 0.3) is 15.9 Å². The number of aromatic nitrogens is 2. The Morgan fingerprint density at radius 3 is 2.20 bits per heavy atom. The van der Waals surface area contributed by atoms with Gasteiger partial charge in [0.1, 0.15) is 0 Å². The van der Waals surface area contributed by atoms with Crippen molar-refractivity contribution in [1.82, 2.24) is 8.96 Å². The van der Waals surface area contributed by atoms with Gasteiger partial charge in [0.05, 0.1) is 15.9 Å². The first kappa shape index (κ1) is 17.2. The minimum atomic E-state index is -4.01. The predicted octanol–water partition coefficient (Wildman–Crippen LogP) is 2.61. The summed E-state index contributed by atoms with van der Waals surface area (Å²) in [6.45, 7) is 7.54. The van der Waals surface area contributed by atoms with Gasteiger partial charge in [-0.15, -0.1) is 0 Å². The minimum Gasteiger partial charge on any atom is -0.363 e. The quantitative estimate of drug-likeness (QED) is 0.779. The summed E-state index contributed by atoms with van der Waals surface area (Å²) in [6.07, 6.45) is 0. The topological polar surface area (TPSA) is 95.0 Å². The van der Waals surface area contributed by atoms with Crippen LogP contribution in [0.25, 0.3) is 11.0 Å². The number of carbonyl (C=O) groups is 1. The predicted molar refractivity (Wildman–Crippen MR) is 96.2 cm³/mol. The van der Waals surface area contributed by atoms with Crippen molar-refractivity contribution in [2.75, 3.05) is 0 Å². The number of benzene rings is 2. The zero-order valence-corrected chi connectivity index (χ0v) is 15.3. The fourth-order valence-corrected chi connectivity index (χ4v) is 4.27. The molecular formula is C18H19N3O3S. The monoisotopic (exact) mass is 357 g/mol. The van der Waals surface area contributed by atoms with Gasteiger partial charge in [-0.05, 0) is 62.6 Å². The number of amides is 1. The van der Waals surface area contributed by atoms with Gasteiger partial charge in [-0.1, -0.05) is 17.7 Å². The average molecular weight is 357 g/mol. The lowest BCUT2D eigenvalue weighted by Crippen LogP contribution is -2.23. The Balaban J connectivity index is 2.44. The van der Waals surface area contributed by atoms with Crippen LogP contribution in [0.2, 0.25) is 0 Å². The number of rotatable bonds is 3. The Morgan fingerprint density at radius 2 is 1.64 bits per heavy atom. The summed E-state index contributed by atoms with van der Waals surface area (Å²) in [6, 6.07) is 8.15. The molecule has 1 amide bonds. The molecular weight excluding hydrogens is 338 g/mol. The van der Waals surface area contributed by atoms with Crippen molar-refractivity contribution in [1.29, 1.82) is 0 Å². The van der Waals surface area contributed by atoms with Crippen LogP contribution in [-0.4, -0.2) is 23.3 Å².